The summed E-state index contributed by atoms with van der Waals surface area (Å²) in [5.74, 6) is -0.215. The Morgan fingerprint density at radius 1 is 1.41 bits per heavy atom. The van der Waals surface area contributed by atoms with Crippen LogP contribution in [0.3, 0.4) is 0 Å². The van der Waals surface area contributed by atoms with Crippen LogP contribution in [0.4, 0.5) is 5.00 Å². The molecule has 0 unspecified atom stereocenters. The number of primary amides is 1. The molecule has 166 valence electrons. The van der Waals surface area contributed by atoms with E-state index in [0.717, 1.165) is 29.7 Å². The molecule has 4 rings (SSSR count). The second-order valence-electron chi connectivity index (χ2n) is 7.87. The fraction of sp³-hybridized carbons (Fsp3) is 0.304. The first-order chi connectivity index (χ1) is 15.4. The number of thioether (sulfide) groups is 1. The fourth-order valence-electron chi connectivity index (χ4n) is 3.94. The Morgan fingerprint density at radius 3 is 2.94 bits per heavy atom. The lowest BCUT2D eigenvalue weighted by Crippen LogP contribution is -2.24. The Hall–Kier alpha value is -2.91. The first-order valence-corrected chi connectivity index (χ1v) is 12.2. The molecule has 32 heavy (non-hydrogen) atoms. The number of nitrogens with one attached hydrogen (secondary N) is 1. The zero-order valence-electron chi connectivity index (χ0n) is 17.7. The second kappa shape index (κ2) is 9.30. The number of nitrogens with two attached hydrogens (primary N) is 1. The molecule has 7 nitrogen and oxygen atoms in total. The molecule has 0 radical (unpaired) electrons. The number of rotatable bonds is 7. The maximum absolute atomic E-state index is 12.8. The summed E-state index contributed by atoms with van der Waals surface area (Å²) < 4.78 is 1.51. The normalized spacial score (nSPS) is 15.3. The van der Waals surface area contributed by atoms with E-state index in [1.807, 2.05) is 6.07 Å². The van der Waals surface area contributed by atoms with Gasteiger partial charge in [-0.3, -0.25) is 19.0 Å². The minimum atomic E-state index is -0.518. The van der Waals surface area contributed by atoms with E-state index >= 15 is 0 Å². The van der Waals surface area contributed by atoms with Crippen LogP contribution in [-0.2, 0) is 24.2 Å². The number of para-hydroxylation sites is 1. The van der Waals surface area contributed by atoms with Crippen molar-refractivity contribution in [2.24, 2.45) is 11.7 Å². The van der Waals surface area contributed by atoms with Gasteiger partial charge >= 0.3 is 0 Å². The zero-order valence-corrected chi connectivity index (χ0v) is 19.4. The van der Waals surface area contributed by atoms with E-state index in [0.29, 0.717) is 39.1 Å². The molecule has 0 spiro atoms. The summed E-state index contributed by atoms with van der Waals surface area (Å²) >= 11 is 2.61. The zero-order chi connectivity index (χ0) is 22.8. The number of anilines is 1. The Balaban J connectivity index is 1.56. The van der Waals surface area contributed by atoms with Gasteiger partial charge in [0.1, 0.15) is 5.00 Å². The number of carbonyl (C=O) groups is 2. The number of amides is 2. The van der Waals surface area contributed by atoms with Crippen molar-refractivity contribution in [2.45, 2.75) is 37.9 Å². The van der Waals surface area contributed by atoms with Crippen molar-refractivity contribution >= 4 is 50.8 Å². The van der Waals surface area contributed by atoms with Crippen LogP contribution in [0.1, 0.15) is 34.1 Å². The molecular weight excluding hydrogens is 444 g/mol. The summed E-state index contributed by atoms with van der Waals surface area (Å²) in [6.07, 6.45) is 4.31. The number of hydrogen-bond donors (Lipinski definition) is 2. The SMILES string of the molecule is C=CCn1c(SCC(=O)Nc2sc3c(c2C(N)=O)CC[C@H](C)C3)nc2ccccc2c1=O. The molecular formula is C23H24N4O3S2. The average Bonchev–Trinajstić information content (AvgIpc) is 3.11. The lowest BCUT2D eigenvalue weighted by Gasteiger charge is -2.18. The molecule has 2 heterocycles. The third-order valence-corrected chi connectivity index (χ3v) is 7.63. The molecule has 3 N–H and O–H groups in total. The molecule has 0 saturated carbocycles. The van der Waals surface area contributed by atoms with Gasteiger partial charge < -0.3 is 11.1 Å². The van der Waals surface area contributed by atoms with Crippen molar-refractivity contribution in [1.29, 1.82) is 0 Å². The minimum Gasteiger partial charge on any atom is -0.365 e. The van der Waals surface area contributed by atoms with E-state index in [9.17, 15) is 14.4 Å². The van der Waals surface area contributed by atoms with Gasteiger partial charge in [0.15, 0.2) is 5.16 Å². The van der Waals surface area contributed by atoms with Crippen LogP contribution in [-0.4, -0.2) is 27.1 Å². The van der Waals surface area contributed by atoms with Gasteiger partial charge in [-0.2, -0.15) is 0 Å². The number of nitrogens with zero attached hydrogens (tertiary/aromatic N) is 2. The van der Waals surface area contributed by atoms with Crippen LogP contribution in [0.2, 0.25) is 0 Å². The van der Waals surface area contributed by atoms with Gasteiger partial charge in [0.05, 0.1) is 22.2 Å². The maximum Gasteiger partial charge on any atom is 0.262 e. The highest BCUT2D eigenvalue weighted by molar-refractivity contribution is 7.99. The van der Waals surface area contributed by atoms with Crippen molar-refractivity contribution in [3.05, 3.63) is 63.3 Å². The van der Waals surface area contributed by atoms with Gasteiger partial charge in [-0.25, -0.2) is 4.98 Å². The summed E-state index contributed by atoms with van der Waals surface area (Å²) in [5, 5.41) is 4.33. The number of benzene rings is 1. The highest BCUT2D eigenvalue weighted by atomic mass is 32.2. The van der Waals surface area contributed by atoms with E-state index in [1.165, 1.54) is 27.7 Å². The van der Waals surface area contributed by atoms with Gasteiger partial charge in [0.2, 0.25) is 5.91 Å². The lowest BCUT2D eigenvalue weighted by molar-refractivity contribution is -0.113. The van der Waals surface area contributed by atoms with Crippen LogP contribution in [0.5, 0.6) is 0 Å². The van der Waals surface area contributed by atoms with Crippen LogP contribution in [0, 0.1) is 5.92 Å². The molecule has 2 amide bonds. The van der Waals surface area contributed by atoms with Crippen LogP contribution in [0.15, 0.2) is 46.9 Å². The first kappa shape index (κ1) is 22.3. The quantitative estimate of drug-likeness (QED) is 0.313. The van der Waals surface area contributed by atoms with Gasteiger partial charge in [-0.15, -0.1) is 17.9 Å². The smallest absolute Gasteiger partial charge is 0.262 e. The summed E-state index contributed by atoms with van der Waals surface area (Å²) in [5.41, 5.74) is 7.45. The summed E-state index contributed by atoms with van der Waals surface area (Å²) in [6.45, 7) is 6.19. The Kier molecular flexibility index (Phi) is 6.48. The summed E-state index contributed by atoms with van der Waals surface area (Å²) in [6, 6.07) is 7.12. The standard InChI is InChI=1S/C23H24N4O3S2/c1-3-10-27-22(30)14-6-4-5-7-16(14)25-23(27)31-12-18(28)26-21-19(20(24)29)15-9-8-13(2)11-17(15)32-21/h3-7,13H,1,8-12H2,2H3,(H2,24,29)(H,26,28)/t13-/m0/s1. The number of hydrogen-bond acceptors (Lipinski definition) is 6. The Bertz CT molecular complexity index is 1280. The lowest BCUT2D eigenvalue weighted by atomic mass is 9.88. The molecule has 1 aromatic carbocycles. The van der Waals surface area contributed by atoms with E-state index in [2.05, 4.69) is 23.8 Å². The van der Waals surface area contributed by atoms with Crippen molar-refractivity contribution in [2.75, 3.05) is 11.1 Å². The second-order valence-corrected chi connectivity index (χ2v) is 9.92. The molecule has 3 aromatic rings. The highest BCUT2D eigenvalue weighted by Gasteiger charge is 2.27. The summed E-state index contributed by atoms with van der Waals surface area (Å²) in [4.78, 5) is 43.4. The number of allylic oxidation sites excluding steroid dienone is 1. The van der Waals surface area contributed by atoms with Crippen LogP contribution < -0.4 is 16.6 Å². The predicted molar refractivity (Wildman–Crippen MR) is 130 cm³/mol. The largest absolute Gasteiger partial charge is 0.365 e. The third-order valence-electron chi connectivity index (χ3n) is 5.48. The van der Waals surface area contributed by atoms with Gasteiger partial charge in [0, 0.05) is 11.4 Å². The van der Waals surface area contributed by atoms with Crippen molar-refractivity contribution in [3.8, 4) is 0 Å². The van der Waals surface area contributed by atoms with Crippen molar-refractivity contribution in [1.82, 2.24) is 9.55 Å². The van der Waals surface area contributed by atoms with Gasteiger partial charge in [-0.05, 0) is 42.9 Å². The monoisotopic (exact) mass is 468 g/mol. The number of carbonyl (C=O) groups excluding carboxylic acids is 2. The van der Waals surface area contributed by atoms with E-state index < -0.39 is 5.91 Å². The van der Waals surface area contributed by atoms with E-state index in [4.69, 9.17) is 5.73 Å². The molecule has 2 aromatic heterocycles. The minimum absolute atomic E-state index is 0.0408. The van der Waals surface area contributed by atoms with Gasteiger partial charge in [0.25, 0.3) is 11.5 Å². The summed E-state index contributed by atoms with van der Waals surface area (Å²) in [7, 11) is 0. The van der Waals surface area contributed by atoms with E-state index in [1.54, 1.807) is 24.3 Å². The molecule has 1 aliphatic carbocycles. The predicted octanol–water partition coefficient (Wildman–Crippen LogP) is 3.60. The number of fused-ring (bicyclic) bond motifs is 2. The van der Waals surface area contributed by atoms with Gasteiger partial charge in [-0.1, -0.05) is 36.9 Å². The molecule has 1 aliphatic rings. The third kappa shape index (κ3) is 4.35. The topological polar surface area (TPSA) is 107 Å². The molecule has 0 saturated heterocycles. The molecule has 1 atom stereocenters. The average molecular weight is 469 g/mol. The molecule has 9 heteroatoms. The fourth-order valence-corrected chi connectivity index (χ4v) is 6.18. The van der Waals surface area contributed by atoms with Crippen molar-refractivity contribution < 1.29 is 9.59 Å². The molecule has 0 bridgehead atoms. The van der Waals surface area contributed by atoms with Crippen molar-refractivity contribution in [3.63, 3.8) is 0 Å². The first-order valence-electron chi connectivity index (χ1n) is 10.4. The molecule has 0 fully saturated rings. The Labute approximate surface area is 193 Å². The Morgan fingerprint density at radius 2 is 2.19 bits per heavy atom. The van der Waals surface area contributed by atoms with Crippen LogP contribution >= 0.6 is 23.1 Å². The maximum atomic E-state index is 12.8. The number of aromatic nitrogens is 2. The van der Waals surface area contributed by atoms with E-state index in [-0.39, 0.29) is 17.2 Å². The van der Waals surface area contributed by atoms with Crippen LogP contribution in [0.25, 0.3) is 10.9 Å². The molecule has 0 aliphatic heterocycles. The number of thiophene rings is 1. The highest BCUT2D eigenvalue weighted by Crippen LogP contribution is 2.39.